The number of carbonyl (C=O) groups excluding carboxylic acids is 2. The van der Waals surface area contributed by atoms with E-state index in [1.807, 2.05) is 101 Å². The summed E-state index contributed by atoms with van der Waals surface area (Å²) in [5.74, 6) is -1.27. The van der Waals surface area contributed by atoms with E-state index in [4.69, 9.17) is 50.9 Å². The Labute approximate surface area is 786 Å². The maximum absolute atomic E-state index is 13.1. The van der Waals surface area contributed by atoms with Gasteiger partial charge in [0.1, 0.15) is 59.0 Å². The van der Waals surface area contributed by atoms with Crippen LogP contribution in [0.15, 0.2) is 238 Å². The van der Waals surface area contributed by atoms with Gasteiger partial charge in [-0.25, -0.2) is 4.39 Å². The number of aryl methyl sites for hydroxylation is 5. The maximum atomic E-state index is 13.1. The van der Waals surface area contributed by atoms with Crippen molar-refractivity contribution in [3.05, 3.63) is 354 Å². The number of fused-ring (bicyclic) bond motifs is 4. The van der Waals surface area contributed by atoms with Gasteiger partial charge in [-0.1, -0.05) is 121 Å². The Morgan fingerprint density at radius 2 is 0.783 bits per heavy atom. The zero-order valence-corrected chi connectivity index (χ0v) is 76.0. The van der Waals surface area contributed by atoms with E-state index in [0.29, 0.717) is 121 Å². The van der Waals surface area contributed by atoms with Crippen LogP contribution in [-0.2, 0) is 9.36 Å². The van der Waals surface area contributed by atoms with Gasteiger partial charge in [0.2, 0.25) is 5.91 Å². The summed E-state index contributed by atoms with van der Waals surface area (Å²) >= 11 is 25.1. The number of aromatic nitrogens is 4. The quantitative estimate of drug-likeness (QED) is 0.0398. The van der Waals surface area contributed by atoms with Crippen molar-refractivity contribution in [2.24, 2.45) is 17.2 Å². The van der Waals surface area contributed by atoms with Gasteiger partial charge in [0.15, 0.2) is 5.56 Å². The number of nitrogens with one attached hydrogen (secondary N) is 2. The van der Waals surface area contributed by atoms with Crippen molar-refractivity contribution in [2.75, 3.05) is 36.8 Å². The zero-order chi connectivity index (χ0) is 94.2. The third-order valence-corrected chi connectivity index (χ3v) is 19.1. The third-order valence-electron chi connectivity index (χ3n) is 18.5. The number of carbonyl (C=O) groups is 2. The number of anilines is 2. The molecule has 129 heavy (non-hydrogen) atoms. The molecule has 0 atom stereocenters. The Bertz CT molecular complexity index is 7280. The number of nitrogens with two attached hydrogens (primary N) is 3. The molecule has 0 saturated heterocycles. The van der Waals surface area contributed by atoms with Gasteiger partial charge >= 0.3 is 34.8 Å². The molecule has 0 bridgehead atoms. The fraction of sp³-hybridized carbons (Fsp3) is 0.106. The minimum Gasteiger partial charge on any atom is -1.00 e. The summed E-state index contributed by atoms with van der Waals surface area (Å²) in [5, 5.41) is 106. The Kier molecular flexibility index (Phi) is 39.2. The Morgan fingerprint density at radius 3 is 1.18 bits per heavy atom. The molecule has 10 aromatic carbocycles. The summed E-state index contributed by atoms with van der Waals surface area (Å²) in [6.45, 7) is 11.2. The van der Waals surface area contributed by atoms with E-state index in [1.165, 1.54) is 36.5 Å². The fourth-order valence-corrected chi connectivity index (χ4v) is 12.7. The zero-order valence-electron chi connectivity index (χ0n) is 70.3. The maximum Gasteiger partial charge on any atom is 1.00 e. The summed E-state index contributed by atoms with van der Waals surface area (Å²) in [6.07, 6.45) is -0.185. The van der Waals surface area contributed by atoms with Crippen molar-refractivity contribution < 1.29 is 54.6 Å². The molecule has 4 heterocycles. The number of nitrogens with zero attached hydrogens (tertiary/aromatic N) is 14. The van der Waals surface area contributed by atoms with Gasteiger partial charge < -0.3 is 34.4 Å². The summed E-state index contributed by atoms with van der Waals surface area (Å²) in [5.41, 5.74) is 25.2. The van der Waals surface area contributed by atoms with Crippen LogP contribution < -0.4 is 79.6 Å². The molecule has 0 spiro atoms. The van der Waals surface area contributed by atoms with Crippen LogP contribution in [0.2, 0.25) is 5.02 Å². The van der Waals surface area contributed by atoms with E-state index in [9.17, 15) is 84.9 Å². The van der Waals surface area contributed by atoms with Crippen molar-refractivity contribution in [3.63, 3.8) is 0 Å². The number of amides is 1. The molecule has 638 valence electrons. The van der Waals surface area contributed by atoms with Crippen molar-refractivity contribution in [1.82, 2.24) is 18.3 Å². The topological polar surface area (TPSA) is 499 Å². The molecule has 0 aliphatic rings. The molecule has 14 aromatic rings. The average Bonchev–Trinajstić information content (AvgIpc) is 0.763. The molecule has 1 amide bonds. The predicted molar refractivity (Wildman–Crippen MR) is 495 cm³/mol. The standard InChI is InChI=1S/C20H17N5O.C18H10ClN3O.C18H11N3O2.C18H11N3O.C11H9N3O.C7H4ClFO.C2H8N2.Cl3OP.Na.H/c1-13-6-7-15(10-14(13)11-22)25-18-5-3-2-4-16(18)19(24-9-8-21)17(12-23)20(25)26;1-11-6-7-13(8-12(11)9-20)22-16-5-3-2-4-14(16)17(19)15(10-21)18(22)23;1-11-6-7-13(8-12(11)9-19)21-16-5-3-2-4-14(16)17(22)15(10-20)18(21)23;1-12-6-7-16(9-14(12)10-19)21-17-5-3-2-4-13(17)8-15(11-20)18(21)22;1-8-2-3-10(6-9(8)7-13)14-11(15)4-5-12;8-7(10)5-3-1-2-4-6(5)9;3-1-2-4;1-5(2,3)4;;/h2-7,10,24H,8-9,21H2,1H3;2-8H,1H3;2-8,22H,1H3;2-9H,1H3;2-3,6H,4H2,1H3,(H,14,15);1-4H;1-4H2;;;/q;;;;;;;;+1;-1. The van der Waals surface area contributed by atoms with E-state index >= 15 is 0 Å². The number of benzene rings is 10. The molecule has 0 unspecified atom stereocenters. The van der Waals surface area contributed by atoms with E-state index in [1.54, 1.807) is 171 Å². The van der Waals surface area contributed by atoms with Gasteiger partial charge in [0.25, 0.3) is 27.5 Å². The van der Waals surface area contributed by atoms with Crippen molar-refractivity contribution in [3.8, 4) is 89.2 Å². The van der Waals surface area contributed by atoms with Gasteiger partial charge in [-0.3, -0.25) is 51.6 Å². The normalized spacial score (nSPS) is 9.89. The molecule has 35 heteroatoms. The molecule has 0 fully saturated rings. The number of nitriles is 10. The smallest absolute Gasteiger partial charge is 1.00 e. The Morgan fingerprint density at radius 1 is 0.434 bits per heavy atom. The number of halogens is 6. The molecule has 9 N–H and O–H groups in total. The monoisotopic (exact) mass is 1840 g/mol. The fourth-order valence-electron chi connectivity index (χ4n) is 12.2. The van der Waals surface area contributed by atoms with Gasteiger partial charge in [-0.2, -0.15) is 52.6 Å². The minimum absolute atomic E-state index is 0. The minimum atomic E-state index is -3.22. The third kappa shape index (κ3) is 26.2. The van der Waals surface area contributed by atoms with E-state index < -0.39 is 32.9 Å². The number of para-hydroxylation sites is 4. The molecule has 0 radical (unpaired) electrons. The van der Waals surface area contributed by atoms with Gasteiger partial charge in [0, 0.05) is 53.4 Å². The predicted octanol–water partition coefficient (Wildman–Crippen LogP) is 14.7. The van der Waals surface area contributed by atoms with E-state index in [2.05, 4.69) is 68.6 Å². The van der Waals surface area contributed by atoms with Crippen molar-refractivity contribution >= 4 is 128 Å². The van der Waals surface area contributed by atoms with Crippen LogP contribution in [0.1, 0.15) is 96.1 Å². The Balaban J connectivity index is 0.000000274. The van der Waals surface area contributed by atoms with Gasteiger partial charge in [0.05, 0.1) is 125 Å². The molecule has 0 aliphatic heterocycles. The second-order valence-corrected chi connectivity index (χ2v) is 34.1. The second kappa shape index (κ2) is 49.2. The number of aromatic hydroxyl groups is 1. The largest absolute Gasteiger partial charge is 1.00 e. The average molecular weight is 1840 g/mol. The summed E-state index contributed by atoms with van der Waals surface area (Å²) in [7, 11) is 0. The number of rotatable bonds is 11. The number of hydrogen-bond acceptors (Lipinski definition) is 22. The van der Waals surface area contributed by atoms with Crippen LogP contribution in [0.5, 0.6) is 5.75 Å². The molecular formula is C94H71Cl5FN19NaO8P. The van der Waals surface area contributed by atoms with Gasteiger partial charge in [-0.05, 0) is 217 Å². The van der Waals surface area contributed by atoms with E-state index in [0.717, 1.165) is 38.6 Å². The number of pyridine rings is 4. The van der Waals surface area contributed by atoms with Crippen molar-refractivity contribution in [2.45, 2.75) is 41.0 Å². The molecule has 0 aliphatic carbocycles. The van der Waals surface area contributed by atoms with Crippen LogP contribution in [0, 0.1) is 154 Å². The number of hydrogen-bond donors (Lipinski definition) is 6. The van der Waals surface area contributed by atoms with E-state index in [-0.39, 0.29) is 87.5 Å². The molecule has 27 nitrogen and oxygen atoms in total. The first-order chi connectivity index (χ1) is 61.2. The summed E-state index contributed by atoms with van der Waals surface area (Å²) in [4.78, 5) is 72.4. The van der Waals surface area contributed by atoms with Crippen LogP contribution in [0.3, 0.4) is 0 Å². The first-order valence-electron chi connectivity index (χ1n) is 37.6. The summed E-state index contributed by atoms with van der Waals surface area (Å²) < 4.78 is 27.8. The second-order valence-electron chi connectivity index (χ2n) is 26.8. The molecule has 14 rings (SSSR count). The van der Waals surface area contributed by atoms with Crippen LogP contribution in [-0.4, -0.2) is 60.7 Å². The summed E-state index contributed by atoms with van der Waals surface area (Å²) in [6, 6.07) is 81.3. The van der Waals surface area contributed by atoms with Crippen LogP contribution >= 0.6 is 62.1 Å². The first-order valence-corrected chi connectivity index (χ1v) is 42.7. The molecule has 4 aromatic heterocycles. The SMILES string of the molecule is Cc1ccc(-n2c(=O)c(C#N)c(Cl)c3ccccc32)cc1C#N.Cc1ccc(-n2c(=O)c(C#N)c(NCCN)c3ccccc32)cc1C#N.Cc1ccc(-n2c(=O)c(C#N)c(O)c3ccccc32)cc1C#N.Cc1ccc(-n2c(=O)c(C#N)cc3ccccc32)cc1C#N.Cc1ccc(NC(=O)CC#N)cc1C#N.NCCN.O=C(Cl)c1ccccc1F.O=P(Cl)(Cl)Cl.[H-].[Na+]. The molecule has 0 saturated carbocycles. The van der Waals surface area contributed by atoms with Crippen LogP contribution in [0.4, 0.5) is 15.8 Å². The first kappa shape index (κ1) is 103. The van der Waals surface area contributed by atoms with Crippen molar-refractivity contribution in [1.29, 1.82) is 52.6 Å². The Hall–Kier alpha value is -14.8. The van der Waals surface area contributed by atoms with Crippen LogP contribution in [0.25, 0.3) is 66.4 Å². The molecular weight excluding hydrogens is 1770 g/mol. The van der Waals surface area contributed by atoms with Gasteiger partial charge in [-0.15, -0.1) is 0 Å².